The molecule has 0 aromatic carbocycles. The van der Waals surface area contributed by atoms with Crippen LogP contribution in [0.4, 0.5) is 0 Å². The summed E-state index contributed by atoms with van der Waals surface area (Å²) in [6.45, 7) is 3.82. The summed E-state index contributed by atoms with van der Waals surface area (Å²) < 4.78 is 4.65. The molecule has 0 spiro atoms. The highest BCUT2D eigenvalue weighted by molar-refractivity contribution is 5.80. The maximum atomic E-state index is 11.2. The normalized spacial score (nSPS) is 10.6. The monoisotopic (exact) mass is 167 g/mol. The second-order valence-electron chi connectivity index (χ2n) is 3.11. The van der Waals surface area contributed by atoms with Gasteiger partial charge in [-0.1, -0.05) is 19.0 Å². The van der Waals surface area contributed by atoms with Crippen LogP contribution in [0.1, 0.15) is 26.0 Å². The first kappa shape index (κ1) is 8.97. The van der Waals surface area contributed by atoms with Gasteiger partial charge in [-0.15, -0.1) is 0 Å². The van der Waals surface area contributed by atoms with Crippen LogP contribution >= 0.6 is 0 Å². The molecule has 1 aromatic rings. The maximum absolute atomic E-state index is 11.2. The molecule has 0 saturated carbocycles. The van der Waals surface area contributed by atoms with Crippen molar-refractivity contribution in [2.75, 3.05) is 0 Å². The van der Waals surface area contributed by atoms with E-state index < -0.39 is 0 Å². The van der Waals surface area contributed by atoms with Crippen molar-refractivity contribution in [1.82, 2.24) is 5.16 Å². The van der Waals surface area contributed by atoms with Gasteiger partial charge in [-0.3, -0.25) is 4.79 Å². The molecule has 1 heterocycles. The van der Waals surface area contributed by atoms with Gasteiger partial charge in [0.1, 0.15) is 12.0 Å². The van der Waals surface area contributed by atoms with E-state index in [1.165, 1.54) is 6.26 Å². The van der Waals surface area contributed by atoms with Gasteiger partial charge in [0, 0.05) is 24.8 Å². The Morgan fingerprint density at radius 1 is 1.67 bits per heavy atom. The predicted octanol–water partition coefficient (Wildman–Crippen LogP) is 1.83. The Morgan fingerprint density at radius 3 is 2.92 bits per heavy atom. The highest BCUT2D eigenvalue weighted by atomic mass is 16.5. The molecule has 0 unspecified atom stereocenters. The van der Waals surface area contributed by atoms with Crippen molar-refractivity contribution >= 4 is 5.78 Å². The summed E-state index contributed by atoms with van der Waals surface area (Å²) in [5.41, 5.74) is 0.851. The fraction of sp³-hybridized carbons (Fsp3) is 0.556. The number of nitrogens with zero attached hydrogens (tertiary/aromatic N) is 1. The molecule has 66 valence electrons. The van der Waals surface area contributed by atoms with Gasteiger partial charge in [0.25, 0.3) is 0 Å². The standard InChI is InChI=1S/C9H13NO2/c1-7(2)9(11)4-3-8-5-6-12-10-8/h5-7H,3-4H2,1-2H3. The number of carbonyl (C=O) groups is 1. The van der Waals surface area contributed by atoms with Crippen LogP contribution in [0.25, 0.3) is 0 Å². The summed E-state index contributed by atoms with van der Waals surface area (Å²) >= 11 is 0. The minimum Gasteiger partial charge on any atom is -0.365 e. The molecule has 3 nitrogen and oxygen atoms in total. The third-order valence-corrected chi connectivity index (χ3v) is 1.76. The summed E-state index contributed by atoms with van der Waals surface area (Å²) in [4.78, 5) is 11.2. The number of carbonyl (C=O) groups excluding carboxylic acids is 1. The van der Waals surface area contributed by atoms with E-state index in [4.69, 9.17) is 0 Å². The SMILES string of the molecule is CC(C)C(=O)CCc1ccon1. The smallest absolute Gasteiger partial charge is 0.135 e. The van der Waals surface area contributed by atoms with E-state index in [0.29, 0.717) is 12.8 Å². The summed E-state index contributed by atoms with van der Waals surface area (Å²) in [7, 11) is 0. The number of hydrogen-bond acceptors (Lipinski definition) is 3. The van der Waals surface area contributed by atoms with E-state index >= 15 is 0 Å². The lowest BCUT2D eigenvalue weighted by Crippen LogP contribution is -2.07. The van der Waals surface area contributed by atoms with Crippen molar-refractivity contribution in [3.8, 4) is 0 Å². The third-order valence-electron chi connectivity index (χ3n) is 1.76. The van der Waals surface area contributed by atoms with E-state index in [-0.39, 0.29) is 11.7 Å². The lowest BCUT2D eigenvalue weighted by Gasteiger charge is -2.00. The number of Topliss-reactive ketones (excluding diaryl/α,β-unsaturated/α-hetero) is 1. The molecule has 12 heavy (non-hydrogen) atoms. The van der Waals surface area contributed by atoms with Gasteiger partial charge in [0.15, 0.2) is 0 Å². The number of aromatic nitrogens is 1. The average molecular weight is 167 g/mol. The summed E-state index contributed by atoms with van der Waals surface area (Å²) in [6.07, 6.45) is 2.77. The first-order valence-electron chi connectivity index (χ1n) is 4.12. The Bertz CT molecular complexity index is 239. The zero-order valence-corrected chi connectivity index (χ0v) is 7.41. The van der Waals surface area contributed by atoms with Crippen LogP contribution in [0.3, 0.4) is 0 Å². The Morgan fingerprint density at radius 2 is 2.42 bits per heavy atom. The molecule has 0 saturated heterocycles. The van der Waals surface area contributed by atoms with Crippen molar-refractivity contribution < 1.29 is 9.32 Å². The Hall–Kier alpha value is -1.12. The molecule has 3 heteroatoms. The lowest BCUT2D eigenvalue weighted by atomic mass is 10.0. The van der Waals surface area contributed by atoms with Crippen molar-refractivity contribution in [1.29, 1.82) is 0 Å². The van der Waals surface area contributed by atoms with Gasteiger partial charge in [0.05, 0.1) is 5.69 Å². The number of rotatable bonds is 4. The van der Waals surface area contributed by atoms with Crippen LogP contribution in [0.5, 0.6) is 0 Å². The molecule has 0 aliphatic carbocycles. The highest BCUT2D eigenvalue weighted by Gasteiger charge is 2.07. The van der Waals surface area contributed by atoms with Crippen molar-refractivity contribution in [3.05, 3.63) is 18.0 Å². The molecule has 0 amide bonds. The molecule has 0 fully saturated rings. The quantitative estimate of drug-likeness (QED) is 0.687. The van der Waals surface area contributed by atoms with Crippen molar-refractivity contribution in [2.24, 2.45) is 5.92 Å². The Kier molecular flexibility index (Phi) is 3.02. The van der Waals surface area contributed by atoms with Gasteiger partial charge in [-0.25, -0.2) is 0 Å². The van der Waals surface area contributed by atoms with Gasteiger partial charge >= 0.3 is 0 Å². The highest BCUT2D eigenvalue weighted by Crippen LogP contribution is 2.04. The predicted molar refractivity (Wildman–Crippen MR) is 44.7 cm³/mol. The van der Waals surface area contributed by atoms with E-state index in [9.17, 15) is 4.79 Å². The van der Waals surface area contributed by atoms with Gasteiger partial charge in [-0.05, 0) is 0 Å². The summed E-state index contributed by atoms with van der Waals surface area (Å²) in [6, 6.07) is 1.79. The van der Waals surface area contributed by atoms with Crippen LogP contribution in [0.15, 0.2) is 16.9 Å². The molecule has 1 aromatic heterocycles. The van der Waals surface area contributed by atoms with E-state index in [1.54, 1.807) is 6.07 Å². The number of hydrogen-bond donors (Lipinski definition) is 0. The van der Waals surface area contributed by atoms with Crippen LogP contribution in [0.2, 0.25) is 0 Å². The van der Waals surface area contributed by atoms with Crippen LogP contribution in [-0.4, -0.2) is 10.9 Å². The molecule has 0 atom stereocenters. The fourth-order valence-corrected chi connectivity index (χ4v) is 0.906. The van der Waals surface area contributed by atoms with Gasteiger partial charge in [-0.2, -0.15) is 0 Å². The third kappa shape index (κ3) is 2.49. The van der Waals surface area contributed by atoms with Crippen molar-refractivity contribution in [3.63, 3.8) is 0 Å². The van der Waals surface area contributed by atoms with Crippen LogP contribution in [0, 0.1) is 5.92 Å². The molecule has 1 rings (SSSR count). The van der Waals surface area contributed by atoms with Crippen LogP contribution < -0.4 is 0 Å². The van der Waals surface area contributed by atoms with Gasteiger partial charge in [0.2, 0.25) is 0 Å². The zero-order valence-electron chi connectivity index (χ0n) is 7.41. The Labute approximate surface area is 71.7 Å². The number of aryl methyl sites for hydroxylation is 1. The topological polar surface area (TPSA) is 43.1 Å². The molecule has 0 radical (unpaired) electrons. The zero-order chi connectivity index (χ0) is 8.97. The Balaban J connectivity index is 2.32. The average Bonchev–Trinajstić information content (AvgIpc) is 2.51. The van der Waals surface area contributed by atoms with Gasteiger partial charge < -0.3 is 4.52 Å². The molecule has 0 aliphatic heterocycles. The van der Waals surface area contributed by atoms with E-state index in [1.807, 2.05) is 13.8 Å². The fourth-order valence-electron chi connectivity index (χ4n) is 0.906. The number of ketones is 1. The minimum absolute atomic E-state index is 0.122. The second kappa shape index (κ2) is 4.04. The largest absolute Gasteiger partial charge is 0.365 e. The molecular weight excluding hydrogens is 154 g/mol. The lowest BCUT2D eigenvalue weighted by molar-refractivity contribution is -0.121. The second-order valence-corrected chi connectivity index (χ2v) is 3.11. The summed E-state index contributed by atoms with van der Waals surface area (Å²) in [5, 5.41) is 3.72. The molecule has 0 N–H and O–H groups in total. The first-order valence-corrected chi connectivity index (χ1v) is 4.12. The maximum Gasteiger partial charge on any atom is 0.135 e. The minimum atomic E-state index is 0.122. The van der Waals surface area contributed by atoms with Crippen molar-refractivity contribution in [2.45, 2.75) is 26.7 Å². The first-order chi connectivity index (χ1) is 5.70. The van der Waals surface area contributed by atoms with E-state index in [2.05, 4.69) is 9.68 Å². The van der Waals surface area contributed by atoms with E-state index in [0.717, 1.165) is 5.69 Å². The van der Waals surface area contributed by atoms with Crippen LogP contribution in [-0.2, 0) is 11.2 Å². The molecule has 0 bridgehead atoms. The molecule has 0 aliphatic rings. The molecular formula is C9H13NO2. The summed E-state index contributed by atoms with van der Waals surface area (Å²) in [5.74, 6) is 0.398.